The summed E-state index contributed by atoms with van der Waals surface area (Å²) in [6, 6.07) is 17.6. The molecule has 5 rings (SSSR count). The van der Waals surface area contributed by atoms with Crippen LogP contribution < -0.4 is 0 Å². The fourth-order valence-electron chi connectivity index (χ4n) is 7.75. The van der Waals surface area contributed by atoms with E-state index in [9.17, 15) is 19.5 Å². The normalized spacial score (nSPS) is 29.7. The number of hydrogen-bond donors (Lipinski definition) is 1. The molecule has 1 spiro atoms. The lowest BCUT2D eigenvalue weighted by molar-refractivity contribution is -0.157. The van der Waals surface area contributed by atoms with Crippen molar-refractivity contribution in [3.8, 4) is 0 Å². The first-order valence-corrected chi connectivity index (χ1v) is 15.1. The summed E-state index contributed by atoms with van der Waals surface area (Å²) in [4.78, 5) is 48.4. The lowest BCUT2D eigenvalue weighted by Crippen LogP contribution is -2.59. The predicted octanol–water partition coefficient (Wildman–Crippen LogP) is 3.46. The van der Waals surface area contributed by atoms with Crippen molar-refractivity contribution >= 4 is 17.7 Å². The van der Waals surface area contributed by atoms with Gasteiger partial charge in [-0.3, -0.25) is 14.4 Å². The summed E-state index contributed by atoms with van der Waals surface area (Å²) in [6.07, 6.45) is 4.15. The molecule has 3 saturated heterocycles. The summed E-state index contributed by atoms with van der Waals surface area (Å²) in [6.45, 7) is 12.2. The lowest BCUT2D eigenvalue weighted by atomic mass is 9.62. The maximum absolute atomic E-state index is 14.8. The minimum atomic E-state index is -1.21. The molecule has 8 nitrogen and oxygen atoms in total. The number of carbonyl (C=O) groups is 3. The number of hydrogen-bond acceptors (Lipinski definition) is 5. The van der Waals surface area contributed by atoms with E-state index in [1.165, 1.54) is 0 Å². The quantitative estimate of drug-likeness (QED) is 0.386. The molecule has 3 heterocycles. The SMILES string of the molecule is C=CCN(C)C(=O)[C@H]1[C@H]2C(=O)N([C@@H](CO)Cc3ccccc3)C(C(=O)N(CC=C)Cc3ccccc3)C23CC(C)[C@]1(C)O3. The Labute approximate surface area is 254 Å². The molecule has 2 aromatic carbocycles. The van der Waals surface area contributed by atoms with Crippen LogP contribution in [0.1, 0.15) is 31.4 Å². The largest absolute Gasteiger partial charge is 0.394 e. The van der Waals surface area contributed by atoms with E-state index in [0.717, 1.165) is 11.1 Å². The Bertz CT molecular complexity index is 1370. The molecule has 2 bridgehead atoms. The van der Waals surface area contributed by atoms with E-state index >= 15 is 0 Å². The number of nitrogens with zero attached hydrogens (tertiary/aromatic N) is 3. The first kappa shape index (κ1) is 30.7. The molecule has 8 heteroatoms. The van der Waals surface area contributed by atoms with E-state index in [2.05, 4.69) is 13.2 Å². The van der Waals surface area contributed by atoms with E-state index in [1.54, 1.807) is 33.9 Å². The van der Waals surface area contributed by atoms with Crippen LogP contribution in [0.15, 0.2) is 86.0 Å². The summed E-state index contributed by atoms with van der Waals surface area (Å²) < 4.78 is 6.91. The molecular formula is C35H43N3O5. The highest BCUT2D eigenvalue weighted by molar-refractivity contribution is 5.99. The number of ether oxygens (including phenoxy) is 1. The maximum Gasteiger partial charge on any atom is 0.249 e. The number of rotatable bonds is 12. The molecule has 3 aliphatic rings. The van der Waals surface area contributed by atoms with E-state index < -0.39 is 35.1 Å². The number of likely N-dealkylation sites (tertiary alicyclic amines) is 1. The summed E-state index contributed by atoms with van der Waals surface area (Å²) in [5, 5.41) is 10.7. The predicted molar refractivity (Wildman–Crippen MR) is 165 cm³/mol. The van der Waals surface area contributed by atoms with Crippen LogP contribution in [-0.2, 0) is 32.1 Å². The van der Waals surface area contributed by atoms with Crippen molar-refractivity contribution in [2.24, 2.45) is 17.8 Å². The summed E-state index contributed by atoms with van der Waals surface area (Å²) in [7, 11) is 1.70. The Hall–Kier alpha value is -3.75. The number of benzene rings is 2. The number of carbonyl (C=O) groups excluding carboxylic acids is 3. The Morgan fingerprint density at radius 1 is 1.05 bits per heavy atom. The second-order valence-electron chi connectivity index (χ2n) is 12.5. The van der Waals surface area contributed by atoms with Crippen LogP contribution >= 0.6 is 0 Å². The van der Waals surface area contributed by atoms with E-state index in [1.807, 2.05) is 74.5 Å². The van der Waals surface area contributed by atoms with Gasteiger partial charge in [-0.15, -0.1) is 13.2 Å². The molecule has 0 radical (unpaired) electrons. The van der Waals surface area contributed by atoms with Crippen molar-refractivity contribution in [3.05, 3.63) is 97.1 Å². The summed E-state index contributed by atoms with van der Waals surface area (Å²) in [5.41, 5.74) is -0.250. The smallest absolute Gasteiger partial charge is 0.249 e. The fourth-order valence-corrected chi connectivity index (χ4v) is 7.75. The maximum atomic E-state index is 14.8. The van der Waals surface area contributed by atoms with Crippen molar-refractivity contribution in [3.63, 3.8) is 0 Å². The van der Waals surface area contributed by atoms with E-state index in [-0.39, 0.29) is 36.8 Å². The van der Waals surface area contributed by atoms with Gasteiger partial charge in [0, 0.05) is 26.7 Å². The van der Waals surface area contributed by atoms with Crippen molar-refractivity contribution in [1.82, 2.24) is 14.7 Å². The molecule has 228 valence electrons. The van der Waals surface area contributed by atoms with Gasteiger partial charge in [0.15, 0.2) is 0 Å². The first-order chi connectivity index (χ1) is 20.6. The third kappa shape index (κ3) is 5.10. The topological polar surface area (TPSA) is 90.4 Å². The van der Waals surface area contributed by atoms with Gasteiger partial charge in [0.2, 0.25) is 17.7 Å². The van der Waals surface area contributed by atoms with Crippen LogP contribution in [0, 0.1) is 17.8 Å². The van der Waals surface area contributed by atoms with Gasteiger partial charge in [0.25, 0.3) is 0 Å². The van der Waals surface area contributed by atoms with Crippen molar-refractivity contribution in [2.75, 3.05) is 26.7 Å². The Morgan fingerprint density at radius 3 is 2.23 bits per heavy atom. The fraction of sp³-hybridized carbons (Fsp3) is 0.457. The van der Waals surface area contributed by atoms with Gasteiger partial charge in [0.05, 0.1) is 30.1 Å². The molecule has 0 aliphatic carbocycles. The molecule has 3 aliphatic heterocycles. The van der Waals surface area contributed by atoms with Crippen LogP contribution in [0.25, 0.3) is 0 Å². The standard InChI is InChI=1S/C35H43N3O5/c1-6-18-36(5)31(40)28-29-32(41)38(27(23-39)20-25-14-10-8-11-15-25)30(35(29)21-24(3)34(28,4)43-35)33(42)37(19-7-2)22-26-16-12-9-13-17-26/h6-17,24,27-30,39H,1-2,18-23H2,3-5H3/t24?,27-,28-,29+,30?,34+,35?/m1/s1. The third-order valence-electron chi connectivity index (χ3n) is 9.83. The Kier molecular flexibility index (Phi) is 8.63. The Morgan fingerprint density at radius 2 is 1.65 bits per heavy atom. The molecule has 0 saturated carbocycles. The lowest BCUT2D eigenvalue weighted by Gasteiger charge is -2.39. The zero-order valence-corrected chi connectivity index (χ0v) is 25.4. The minimum absolute atomic E-state index is 0.0819. The summed E-state index contributed by atoms with van der Waals surface area (Å²) in [5.74, 6) is -2.48. The molecule has 1 N–H and O–H groups in total. The molecule has 7 atom stereocenters. The molecule has 2 aromatic rings. The number of fused-ring (bicyclic) bond motifs is 1. The molecule has 3 unspecified atom stereocenters. The van der Waals surface area contributed by atoms with Crippen LogP contribution in [0.4, 0.5) is 0 Å². The van der Waals surface area contributed by atoms with E-state index in [0.29, 0.717) is 25.9 Å². The average Bonchev–Trinajstić information content (AvgIpc) is 3.52. The second-order valence-corrected chi connectivity index (χ2v) is 12.5. The van der Waals surface area contributed by atoms with Crippen molar-refractivity contribution in [1.29, 1.82) is 0 Å². The minimum Gasteiger partial charge on any atom is -0.394 e. The monoisotopic (exact) mass is 585 g/mol. The molecular weight excluding hydrogens is 542 g/mol. The number of aliphatic hydroxyl groups excluding tert-OH is 1. The zero-order chi connectivity index (χ0) is 30.9. The van der Waals surface area contributed by atoms with Gasteiger partial charge in [-0.2, -0.15) is 0 Å². The first-order valence-electron chi connectivity index (χ1n) is 15.1. The number of aliphatic hydroxyl groups is 1. The van der Waals surface area contributed by atoms with Crippen LogP contribution in [-0.4, -0.2) is 87.6 Å². The van der Waals surface area contributed by atoms with Gasteiger partial charge >= 0.3 is 0 Å². The summed E-state index contributed by atoms with van der Waals surface area (Å²) >= 11 is 0. The highest BCUT2D eigenvalue weighted by Gasteiger charge is 2.80. The second kappa shape index (κ2) is 12.1. The van der Waals surface area contributed by atoms with Gasteiger partial charge < -0.3 is 24.5 Å². The molecule has 43 heavy (non-hydrogen) atoms. The van der Waals surface area contributed by atoms with Crippen molar-refractivity contribution in [2.45, 2.75) is 56.5 Å². The zero-order valence-electron chi connectivity index (χ0n) is 25.4. The van der Waals surface area contributed by atoms with Gasteiger partial charge in [-0.25, -0.2) is 0 Å². The molecule has 3 amide bonds. The highest BCUT2D eigenvalue weighted by atomic mass is 16.5. The average molecular weight is 586 g/mol. The molecule has 0 aromatic heterocycles. The van der Waals surface area contributed by atoms with Crippen molar-refractivity contribution < 1.29 is 24.2 Å². The van der Waals surface area contributed by atoms with E-state index in [4.69, 9.17) is 4.74 Å². The van der Waals surface area contributed by atoms with Gasteiger partial charge in [-0.1, -0.05) is 79.7 Å². The Balaban J connectivity index is 1.62. The number of amides is 3. The van der Waals surface area contributed by atoms with Crippen LogP contribution in [0.2, 0.25) is 0 Å². The van der Waals surface area contributed by atoms with Crippen LogP contribution in [0.3, 0.4) is 0 Å². The third-order valence-corrected chi connectivity index (χ3v) is 9.83. The van der Waals surface area contributed by atoms with Gasteiger partial charge in [0.1, 0.15) is 11.6 Å². The molecule has 3 fully saturated rings. The number of likely N-dealkylation sites (N-methyl/N-ethyl adjacent to an activating group) is 1. The van der Waals surface area contributed by atoms with Gasteiger partial charge in [-0.05, 0) is 36.8 Å². The highest BCUT2D eigenvalue weighted by Crippen LogP contribution is 2.65. The van der Waals surface area contributed by atoms with Crippen LogP contribution in [0.5, 0.6) is 0 Å².